The number of aliphatic hydroxyl groups is 2. The summed E-state index contributed by atoms with van der Waals surface area (Å²) < 4.78 is 23.1. The van der Waals surface area contributed by atoms with E-state index in [2.05, 4.69) is 279 Å². The number of esters is 2. The predicted octanol–water partition coefficient (Wildman–Crippen LogP) is 26.5. The van der Waals surface area contributed by atoms with Gasteiger partial charge in [0.1, 0.15) is 5.92 Å². The van der Waals surface area contributed by atoms with Crippen molar-refractivity contribution in [2.24, 2.45) is 23.5 Å². The lowest BCUT2D eigenvalue weighted by molar-refractivity contribution is -0.144. The molecule has 18 aromatic rings. The highest BCUT2D eigenvalue weighted by atomic mass is 16.5. The zero-order valence-corrected chi connectivity index (χ0v) is 79.7. The molecule has 7 unspecified atom stereocenters. The second-order valence-corrected chi connectivity index (χ2v) is 37.1. The smallest absolute Gasteiger partial charge is 0.337 e. The second kappa shape index (κ2) is 42.8. The number of hydrogen-bond acceptors (Lipinski definition) is 11. The van der Waals surface area contributed by atoms with E-state index in [0.29, 0.717) is 30.8 Å². The molecule has 0 fully saturated rings. The van der Waals surface area contributed by atoms with Crippen molar-refractivity contribution in [1.29, 1.82) is 5.26 Å². The first-order valence-electron chi connectivity index (χ1n) is 48.8. The Hall–Kier alpha value is -16.4. The van der Waals surface area contributed by atoms with E-state index in [1.807, 2.05) is 200 Å². The Morgan fingerprint density at radius 1 is 0.329 bits per heavy atom. The Labute approximate surface area is 836 Å². The van der Waals surface area contributed by atoms with E-state index in [4.69, 9.17) is 24.7 Å². The summed E-state index contributed by atoms with van der Waals surface area (Å²) in [6, 6.07) is 169. The molecule has 5 aliphatic rings. The SMILES string of the molecule is COC(=O)C1C(=O)c2ccccc2C1(c1ccccc1)c1ccccc1.COC(=O)c1ccc(COC2CC(c3ccccc3)(c3ccccc3)c3ccccc32)cc1.N#CCC1C(O)c2ccccc2C1(c1ccccc1)c1ccccc1.NC(=O)CC1C(O)c2ccccc2C1(c1ccccc1)c1ccccc1.c1ccc(C2(c3ccccc3)CC(OCc3ccc4ccccc4c3)c3ccccc32)cc1. The molecule has 0 aromatic heterocycles. The Balaban J connectivity index is 0.000000114. The Bertz CT molecular complexity index is 7290. The molecule has 0 aliphatic heterocycles. The second-order valence-electron chi connectivity index (χ2n) is 37.1. The average molecular weight is 1870 g/mol. The minimum Gasteiger partial charge on any atom is -0.468 e. The van der Waals surface area contributed by atoms with Crippen molar-refractivity contribution in [3.05, 3.63) is 619 Å². The number of aliphatic hydroxyl groups excluding tert-OH is 2. The van der Waals surface area contributed by atoms with Crippen LogP contribution in [0, 0.1) is 29.1 Å². The van der Waals surface area contributed by atoms with Gasteiger partial charge < -0.3 is 34.9 Å². The maximum Gasteiger partial charge on any atom is 0.337 e. The van der Waals surface area contributed by atoms with Gasteiger partial charge in [0.15, 0.2) is 5.78 Å². The van der Waals surface area contributed by atoms with Crippen LogP contribution < -0.4 is 5.73 Å². The highest BCUT2D eigenvalue weighted by Crippen LogP contribution is 2.62. The molecule has 7 atom stereocenters. The number of fused-ring (bicyclic) bond motifs is 6. The van der Waals surface area contributed by atoms with Crippen molar-refractivity contribution < 1.29 is 48.3 Å². The molecule has 23 rings (SSSR count). The van der Waals surface area contributed by atoms with Gasteiger partial charge in [0.05, 0.1) is 79.7 Å². The summed E-state index contributed by atoms with van der Waals surface area (Å²) in [7, 11) is 2.72. The van der Waals surface area contributed by atoms with E-state index < -0.39 is 46.2 Å². The van der Waals surface area contributed by atoms with E-state index in [0.717, 1.165) is 79.6 Å². The first kappa shape index (κ1) is 95.5. The summed E-state index contributed by atoms with van der Waals surface area (Å²) in [5.41, 5.74) is 27.7. The van der Waals surface area contributed by atoms with Crippen LogP contribution in [-0.4, -0.2) is 48.1 Å². The van der Waals surface area contributed by atoms with Crippen LogP contribution >= 0.6 is 0 Å². The number of methoxy groups -OCH3 is 2. The van der Waals surface area contributed by atoms with E-state index >= 15 is 0 Å². The summed E-state index contributed by atoms with van der Waals surface area (Å²) in [5.74, 6) is -2.98. The van der Waals surface area contributed by atoms with Gasteiger partial charge in [0.2, 0.25) is 5.91 Å². The minimum atomic E-state index is -0.949. The first-order valence-corrected chi connectivity index (χ1v) is 48.8. The topological polar surface area (TPSA) is 195 Å². The maximum absolute atomic E-state index is 13.3. The number of benzene rings is 18. The Kier molecular flexibility index (Phi) is 28.6. The van der Waals surface area contributed by atoms with E-state index in [1.54, 1.807) is 18.2 Å². The monoisotopic (exact) mass is 1870 g/mol. The van der Waals surface area contributed by atoms with E-state index in [9.17, 15) is 34.7 Å². The zero-order chi connectivity index (χ0) is 98.3. The van der Waals surface area contributed by atoms with Gasteiger partial charge in [-0.3, -0.25) is 14.4 Å². The molecule has 0 heterocycles. The lowest BCUT2D eigenvalue weighted by Gasteiger charge is -2.38. The van der Waals surface area contributed by atoms with E-state index in [1.165, 1.54) is 75.1 Å². The number of carbonyl (C=O) groups is 4. The van der Waals surface area contributed by atoms with Crippen LogP contribution in [0.4, 0.5) is 0 Å². The van der Waals surface area contributed by atoms with Gasteiger partial charge in [-0.15, -0.1) is 0 Å². The summed E-state index contributed by atoms with van der Waals surface area (Å²) in [6.45, 7) is 1.07. The molecular weight excluding hydrogens is 1760 g/mol. The third-order valence-electron chi connectivity index (χ3n) is 29.8. The molecule has 12 heteroatoms. The fourth-order valence-corrected chi connectivity index (χ4v) is 23.7. The van der Waals surface area contributed by atoms with Crippen molar-refractivity contribution in [1.82, 2.24) is 0 Å². The van der Waals surface area contributed by atoms with Crippen molar-refractivity contribution in [2.75, 3.05) is 14.2 Å². The number of primary amides is 1. The Morgan fingerprint density at radius 3 is 1.01 bits per heavy atom. The summed E-state index contributed by atoms with van der Waals surface area (Å²) in [6.07, 6.45) is 0.721. The van der Waals surface area contributed by atoms with Crippen LogP contribution in [0.5, 0.6) is 0 Å². The number of rotatable bonds is 21. The first-order chi connectivity index (χ1) is 70.2. The third kappa shape index (κ3) is 17.9. The molecule has 0 bridgehead atoms. The standard InChI is InChI=1S/C32H26O.C30H26O3.C23H21NO2.C23H19NO.C23H18O3/c1-3-13-27(14-4-1)32(28-15-5-2-6-16-28)22-31(29-17-9-10-18-30(29)32)33-23-24-19-20-25-11-7-8-12-26(25)21-24;1-32-29(31)23-18-16-22(17-19-23)21-33-28-20-30(24-10-4-2-5-11-24,25-12-6-3-7-13-25)27-15-9-8-14-26(27)28;24-21(25)15-20-22(26)18-13-7-8-14-19(18)23(20,16-9-3-1-4-10-16)17-11-5-2-6-12-17;24-16-15-21-22(25)19-13-7-8-14-20(19)23(21,17-9-3-1-4-10-17)18-11-5-2-6-12-18;1-26-22(25)20-21(24)18-14-8-9-15-19(18)23(20,16-10-4-2-5-11-16)17-12-6-3-7-13-17/h1-21,31H,22-23H2;2-19,28H,20-21H2,1H3;1-14,20,22,26H,15H2,(H2,24,25);1-14,21-22,25H,15H2;2-15,20H,1H3. The Morgan fingerprint density at radius 2 is 0.636 bits per heavy atom. The highest BCUT2D eigenvalue weighted by Gasteiger charge is 2.60. The molecule has 0 saturated heterocycles. The van der Waals surface area contributed by atoms with Crippen LogP contribution in [0.2, 0.25) is 0 Å². The lowest BCUT2D eigenvalue weighted by atomic mass is 9.64. The molecular formula is C131H110N2O10. The fourth-order valence-electron chi connectivity index (χ4n) is 23.7. The number of amides is 1. The van der Waals surface area contributed by atoms with Gasteiger partial charge >= 0.3 is 11.9 Å². The van der Waals surface area contributed by atoms with Crippen LogP contribution in [0.25, 0.3) is 10.8 Å². The number of nitrogens with two attached hydrogens (primary N) is 1. The molecule has 0 saturated carbocycles. The summed E-state index contributed by atoms with van der Waals surface area (Å²) in [4.78, 5) is 49.7. The number of carbonyl (C=O) groups excluding carboxylic acids is 4. The number of ether oxygens (including phenoxy) is 4. The third-order valence-corrected chi connectivity index (χ3v) is 29.8. The molecule has 12 nitrogen and oxygen atoms in total. The van der Waals surface area contributed by atoms with E-state index in [-0.39, 0.29) is 53.0 Å². The van der Waals surface area contributed by atoms with Crippen molar-refractivity contribution in [2.45, 2.75) is 90.4 Å². The molecule has 5 aliphatic carbocycles. The molecule has 143 heavy (non-hydrogen) atoms. The van der Waals surface area contributed by atoms with Crippen molar-refractivity contribution >= 4 is 34.4 Å². The molecule has 704 valence electrons. The van der Waals surface area contributed by atoms with Gasteiger partial charge in [-0.25, -0.2) is 4.79 Å². The van der Waals surface area contributed by atoms with Gasteiger partial charge in [-0.1, -0.05) is 473 Å². The number of ketones is 1. The zero-order valence-electron chi connectivity index (χ0n) is 79.7. The fraction of sp³-hybridized carbons (Fsp3) is 0.153. The summed E-state index contributed by atoms with van der Waals surface area (Å²) >= 11 is 0. The molecule has 1 amide bonds. The predicted molar refractivity (Wildman–Crippen MR) is 563 cm³/mol. The molecule has 4 N–H and O–H groups in total. The van der Waals surface area contributed by atoms with Crippen LogP contribution in [0.1, 0.15) is 188 Å². The average Bonchev–Trinajstić information content (AvgIpc) is 1.56. The van der Waals surface area contributed by atoms with Gasteiger partial charge in [-0.05, 0) is 159 Å². The van der Waals surface area contributed by atoms with Gasteiger partial charge in [-0.2, -0.15) is 5.26 Å². The maximum atomic E-state index is 13.3. The summed E-state index contributed by atoms with van der Waals surface area (Å²) in [5, 5.41) is 34.2. The van der Waals surface area contributed by atoms with Crippen LogP contribution in [-0.2, 0) is 68.8 Å². The molecule has 0 radical (unpaired) electrons. The normalized spacial score (nSPS) is 18.1. The quantitative estimate of drug-likeness (QED) is 0.0457. The lowest BCUT2D eigenvalue weighted by Crippen LogP contribution is -2.41. The number of Topliss-reactive ketones (excluding diaryl/α,β-unsaturated/α-hetero) is 1. The molecule has 0 spiro atoms. The van der Waals surface area contributed by atoms with Crippen LogP contribution in [0.15, 0.2) is 491 Å². The van der Waals surface area contributed by atoms with Crippen LogP contribution in [0.3, 0.4) is 0 Å². The number of nitrogens with zero attached hydrogens (tertiary/aromatic N) is 1. The minimum absolute atomic E-state index is 0.0353. The molecule has 18 aromatic carbocycles. The number of hydrogen-bond donors (Lipinski definition) is 3. The van der Waals surface area contributed by atoms with Crippen molar-refractivity contribution in [3.8, 4) is 6.07 Å². The highest BCUT2D eigenvalue weighted by molar-refractivity contribution is 6.15. The van der Waals surface area contributed by atoms with Gasteiger partial charge in [0.25, 0.3) is 0 Å². The van der Waals surface area contributed by atoms with Crippen molar-refractivity contribution in [3.63, 3.8) is 0 Å². The largest absolute Gasteiger partial charge is 0.468 e. The number of nitriles is 1. The van der Waals surface area contributed by atoms with Gasteiger partial charge in [0, 0.05) is 41.1 Å².